The second-order valence-electron chi connectivity index (χ2n) is 10.2. The molecule has 200 valence electrons. The van der Waals surface area contributed by atoms with Crippen LogP contribution < -0.4 is 15.1 Å². The van der Waals surface area contributed by atoms with Crippen LogP contribution in [-0.4, -0.2) is 95.1 Å². The van der Waals surface area contributed by atoms with Crippen LogP contribution in [0.5, 0.6) is 0 Å². The summed E-state index contributed by atoms with van der Waals surface area (Å²) in [5.41, 5.74) is 2.34. The van der Waals surface area contributed by atoms with E-state index < -0.39 is 16.8 Å². The van der Waals surface area contributed by atoms with E-state index in [9.17, 15) is 9.35 Å². The van der Waals surface area contributed by atoms with Gasteiger partial charge >= 0.3 is 0 Å². The molecule has 6 rings (SSSR count). The third-order valence-corrected chi connectivity index (χ3v) is 9.06. The van der Waals surface area contributed by atoms with Crippen LogP contribution >= 0.6 is 0 Å². The van der Waals surface area contributed by atoms with Crippen molar-refractivity contribution in [2.24, 2.45) is 0 Å². The number of hydrogen-bond donors (Lipinski definition) is 1. The normalized spacial score (nSPS) is 25.8. The molecule has 0 bridgehead atoms. The molecule has 0 radical (unpaired) electrons. The number of anilines is 2. The fraction of sp³-hybridized carbons (Fsp3) is 0.481. The van der Waals surface area contributed by atoms with E-state index in [1.807, 2.05) is 30.3 Å². The number of nitrogens with zero attached hydrogens (tertiary/aromatic N) is 5. The SMILES string of the molecule is CNC(=O)c1cccc(-c2ccc3c(N4CCOC[C@@H]4C)nc(N4CCO[C@]5(CC[S+]([O-])C5)C4)nc3n2)c1. The number of carbonyl (C=O) groups excluding carboxylic acids is 1. The molecular formula is C27H32N6O4S. The van der Waals surface area contributed by atoms with E-state index in [4.69, 9.17) is 24.4 Å². The van der Waals surface area contributed by atoms with Crippen LogP contribution in [0.15, 0.2) is 36.4 Å². The molecule has 3 atom stereocenters. The van der Waals surface area contributed by atoms with E-state index in [1.54, 1.807) is 13.1 Å². The fourth-order valence-corrected chi connectivity index (χ4v) is 7.15. The summed E-state index contributed by atoms with van der Waals surface area (Å²) in [6, 6.07) is 11.6. The first-order valence-electron chi connectivity index (χ1n) is 13.0. The average molecular weight is 537 g/mol. The van der Waals surface area contributed by atoms with Crippen molar-refractivity contribution in [3.05, 3.63) is 42.0 Å². The fourth-order valence-electron chi connectivity index (χ4n) is 5.50. The minimum atomic E-state index is -0.852. The molecule has 38 heavy (non-hydrogen) atoms. The first-order valence-corrected chi connectivity index (χ1v) is 14.5. The van der Waals surface area contributed by atoms with Gasteiger partial charge in [-0.1, -0.05) is 23.3 Å². The number of pyridine rings is 1. The summed E-state index contributed by atoms with van der Waals surface area (Å²) in [5, 5.41) is 3.55. The predicted molar refractivity (Wildman–Crippen MR) is 147 cm³/mol. The highest BCUT2D eigenvalue weighted by atomic mass is 32.2. The van der Waals surface area contributed by atoms with Gasteiger partial charge in [0, 0.05) is 37.7 Å². The number of ether oxygens (including phenoxy) is 2. The summed E-state index contributed by atoms with van der Waals surface area (Å²) in [5.74, 6) is 2.53. The third-order valence-electron chi connectivity index (χ3n) is 7.56. The molecule has 1 spiro atoms. The Kier molecular flexibility index (Phi) is 6.85. The van der Waals surface area contributed by atoms with Crippen LogP contribution in [0.4, 0.5) is 11.8 Å². The van der Waals surface area contributed by atoms with Gasteiger partial charge in [0.05, 0.1) is 43.5 Å². The van der Waals surface area contributed by atoms with Crippen LogP contribution in [0, 0.1) is 0 Å². The Morgan fingerprint density at radius 1 is 1.18 bits per heavy atom. The van der Waals surface area contributed by atoms with Gasteiger partial charge in [-0.3, -0.25) is 4.79 Å². The molecule has 3 saturated heterocycles. The first-order chi connectivity index (χ1) is 18.4. The summed E-state index contributed by atoms with van der Waals surface area (Å²) < 4.78 is 24.1. The van der Waals surface area contributed by atoms with Gasteiger partial charge in [-0.2, -0.15) is 9.97 Å². The van der Waals surface area contributed by atoms with Crippen molar-refractivity contribution >= 4 is 39.9 Å². The zero-order valence-corrected chi connectivity index (χ0v) is 22.5. The van der Waals surface area contributed by atoms with Crippen molar-refractivity contribution < 1.29 is 18.8 Å². The Hall–Kier alpha value is -2.99. The molecule has 0 saturated carbocycles. The van der Waals surface area contributed by atoms with E-state index in [-0.39, 0.29) is 11.9 Å². The molecule has 2 aromatic heterocycles. The van der Waals surface area contributed by atoms with E-state index in [1.165, 1.54) is 0 Å². The number of benzene rings is 1. The van der Waals surface area contributed by atoms with Gasteiger partial charge in [0.2, 0.25) is 5.95 Å². The smallest absolute Gasteiger partial charge is 0.251 e. The van der Waals surface area contributed by atoms with Crippen LogP contribution in [-0.2, 0) is 20.6 Å². The molecule has 1 aromatic carbocycles. The zero-order valence-electron chi connectivity index (χ0n) is 21.7. The van der Waals surface area contributed by atoms with Crippen molar-refractivity contribution in [2.45, 2.75) is 25.0 Å². The van der Waals surface area contributed by atoms with Gasteiger partial charge in [-0.05, 0) is 31.2 Å². The quantitative estimate of drug-likeness (QED) is 0.500. The monoisotopic (exact) mass is 536 g/mol. The van der Waals surface area contributed by atoms with Crippen LogP contribution in [0.3, 0.4) is 0 Å². The van der Waals surface area contributed by atoms with Crippen molar-refractivity contribution in [3.63, 3.8) is 0 Å². The number of aromatic nitrogens is 3. The molecule has 3 aliphatic rings. The van der Waals surface area contributed by atoms with Gasteiger partial charge in [0.1, 0.15) is 22.9 Å². The second kappa shape index (κ2) is 10.3. The van der Waals surface area contributed by atoms with Gasteiger partial charge in [0.15, 0.2) is 5.65 Å². The van der Waals surface area contributed by atoms with Gasteiger partial charge in [0.25, 0.3) is 5.91 Å². The molecule has 1 amide bonds. The highest BCUT2D eigenvalue weighted by Crippen LogP contribution is 2.35. The number of hydrogen-bond acceptors (Lipinski definition) is 9. The molecule has 3 aromatic rings. The Morgan fingerprint density at radius 2 is 2.08 bits per heavy atom. The lowest BCUT2D eigenvalue weighted by molar-refractivity contribution is -0.0364. The highest BCUT2D eigenvalue weighted by molar-refractivity contribution is 7.91. The molecule has 0 aliphatic carbocycles. The van der Waals surface area contributed by atoms with Crippen molar-refractivity contribution in [2.75, 3.05) is 67.8 Å². The Bertz CT molecular complexity index is 1350. The zero-order chi connectivity index (χ0) is 26.3. The van der Waals surface area contributed by atoms with Crippen molar-refractivity contribution in [3.8, 4) is 11.3 Å². The van der Waals surface area contributed by atoms with Gasteiger partial charge in [-0.25, -0.2) is 4.98 Å². The molecule has 10 nitrogen and oxygen atoms in total. The number of carbonyl (C=O) groups is 1. The lowest BCUT2D eigenvalue weighted by atomic mass is 10.0. The maximum absolute atomic E-state index is 12.2. The van der Waals surface area contributed by atoms with E-state index in [0.29, 0.717) is 61.6 Å². The molecule has 3 aliphatic heterocycles. The summed E-state index contributed by atoms with van der Waals surface area (Å²) >= 11 is -0.852. The van der Waals surface area contributed by atoms with E-state index in [2.05, 4.69) is 22.0 Å². The van der Waals surface area contributed by atoms with Crippen LogP contribution in [0.25, 0.3) is 22.3 Å². The number of nitrogens with one attached hydrogen (secondary N) is 1. The second-order valence-corrected chi connectivity index (χ2v) is 11.8. The van der Waals surface area contributed by atoms with Gasteiger partial charge in [-0.15, -0.1) is 0 Å². The molecule has 3 fully saturated rings. The molecule has 1 N–H and O–H groups in total. The van der Waals surface area contributed by atoms with Crippen LogP contribution in [0.2, 0.25) is 0 Å². The topological polar surface area (TPSA) is 116 Å². The number of morpholine rings is 2. The third kappa shape index (κ3) is 4.79. The summed E-state index contributed by atoms with van der Waals surface area (Å²) in [6.07, 6.45) is 0.779. The maximum Gasteiger partial charge on any atom is 0.251 e. The minimum Gasteiger partial charge on any atom is -0.616 e. The van der Waals surface area contributed by atoms with Crippen molar-refractivity contribution in [1.82, 2.24) is 20.3 Å². The Labute approximate surface area is 224 Å². The lowest BCUT2D eigenvalue weighted by Crippen LogP contribution is -2.53. The van der Waals surface area contributed by atoms with Crippen LogP contribution in [0.1, 0.15) is 23.7 Å². The standard InChI is InChI=1S/C27H32N6O4S/c1-18-15-36-11-10-33(18)24-21-6-7-22(19-4-3-5-20(14-19)25(34)28-2)29-23(21)30-26(31-24)32-9-12-37-27(16-32)8-13-38(35)17-27/h3-7,14,18H,8-13,15-17H2,1-2H3,(H,28,34)/t18-,27+,38?/m0/s1. The van der Waals surface area contributed by atoms with E-state index >= 15 is 0 Å². The first kappa shape index (κ1) is 25.3. The largest absolute Gasteiger partial charge is 0.616 e. The highest BCUT2D eigenvalue weighted by Gasteiger charge is 2.47. The Balaban J connectivity index is 1.43. The summed E-state index contributed by atoms with van der Waals surface area (Å²) in [6.45, 7) is 5.94. The Morgan fingerprint density at radius 3 is 2.87 bits per heavy atom. The van der Waals surface area contributed by atoms with E-state index in [0.717, 1.165) is 35.4 Å². The summed E-state index contributed by atoms with van der Waals surface area (Å²) in [7, 11) is 1.62. The summed E-state index contributed by atoms with van der Waals surface area (Å²) in [4.78, 5) is 31.6. The van der Waals surface area contributed by atoms with Gasteiger partial charge < -0.3 is 29.1 Å². The predicted octanol–water partition coefficient (Wildman–Crippen LogP) is 2.00. The number of amides is 1. The molecule has 11 heteroatoms. The maximum atomic E-state index is 12.2. The molecular weight excluding hydrogens is 504 g/mol. The number of rotatable bonds is 4. The average Bonchev–Trinajstić information content (AvgIpc) is 3.30. The molecule has 5 heterocycles. The van der Waals surface area contributed by atoms with Crippen molar-refractivity contribution in [1.29, 1.82) is 0 Å². The minimum absolute atomic E-state index is 0.144. The number of fused-ring (bicyclic) bond motifs is 1. The molecule has 1 unspecified atom stereocenters. The lowest BCUT2D eigenvalue weighted by Gasteiger charge is -2.39.